The van der Waals surface area contributed by atoms with E-state index in [0.29, 0.717) is 24.3 Å². The summed E-state index contributed by atoms with van der Waals surface area (Å²) < 4.78 is 10.8. The van der Waals surface area contributed by atoms with Gasteiger partial charge in [0.25, 0.3) is 0 Å². The normalized spacial score (nSPS) is 22.2. The van der Waals surface area contributed by atoms with Crippen LogP contribution in [-0.2, 0) is 15.0 Å². The Balaban J connectivity index is 1.84. The van der Waals surface area contributed by atoms with E-state index in [0.717, 1.165) is 16.8 Å². The molecule has 1 saturated heterocycles. The number of hydrogen-bond donors (Lipinski definition) is 0. The Labute approximate surface area is 170 Å². The number of benzene rings is 2. The van der Waals surface area contributed by atoms with Crippen LogP contribution in [0.3, 0.4) is 0 Å². The maximum Gasteiger partial charge on any atom is 0.229 e. The smallest absolute Gasteiger partial charge is 0.229 e. The molecular weight excluding hydrogens is 366 g/mol. The number of fused-ring (bicyclic) bond motifs is 1. The Hall–Kier alpha value is -3.08. The Morgan fingerprint density at radius 1 is 1.00 bits per heavy atom. The second kappa shape index (κ2) is 7.39. The van der Waals surface area contributed by atoms with Gasteiger partial charge in [-0.1, -0.05) is 42.5 Å². The molecule has 0 aromatic heterocycles. The lowest BCUT2D eigenvalue weighted by Crippen LogP contribution is -2.39. The number of rotatable bonds is 5. The van der Waals surface area contributed by atoms with Gasteiger partial charge < -0.3 is 14.4 Å². The Bertz CT molecular complexity index is 982. The maximum atomic E-state index is 13.3. The molecule has 29 heavy (non-hydrogen) atoms. The molecule has 5 heteroatoms. The van der Waals surface area contributed by atoms with E-state index in [1.807, 2.05) is 54.3 Å². The molecule has 1 amide bonds. The lowest BCUT2D eigenvalue weighted by molar-refractivity contribution is -0.129. The van der Waals surface area contributed by atoms with Crippen LogP contribution in [0.25, 0.3) is 0 Å². The number of ether oxygens (including phenoxy) is 2. The Kier molecular flexibility index (Phi) is 4.91. The Morgan fingerprint density at radius 2 is 1.72 bits per heavy atom. The standard InChI is InChI=1S/C24H25NO4/c1-16(17-8-5-4-6-9-17)25-21-10-7-11-22(26)24(21,15-23(25)27)18-12-13-19(28-2)20(14-18)29-3/h4-6,8-10,12-14,16H,7,11,15H2,1-3H3/t16-,24?/m1/s1. The molecule has 5 nitrogen and oxygen atoms in total. The average molecular weight is 391 g/mol. The highest BCUT2D eigenvalue weighted by Crippen LogP contribution is 2.51. The Morgan fingerprint density at radius 3 is 2.41 bits per heavy atom. The molecule has 0 N–H and O–H groups in total. The van der Waals surface area contributed by atoms with Crippen LogP contribution in [0.4, 0.5) is 0 Å². The van der Waals surface area contributed by atoms with Crippen LogP contribution in [0, 0.1) is 0 Å². The maximum absolute atomic E-state index is 13.3. The van der Waals surface area contributed by atoms with Gasteiger partial charge in [-0.05, 0) is 36.6 Å². The summed E-state index contributed by atoms with van der Waals surface area (Å²) in [4.78, 5) is 28.4. The number of likely N-dealkylation sites (tertiary alicyclic amines) is 1. The summed E-state index contributed by atoms with van der Waals surface area (Å²) in [5.41, 5.74) is 1.66. The summed E-state index contributed by atoms with van der Waals surface area (Å²) in [7, 11) is 3.15. The first-order valence-electron chi connectivity index (χ1n) is 9.86. The second-order valence-electron chi connectivity index (χ2n) is 7.55. The highest BCUT2D eigenvalue weighted by atomic mass is 16.5. The molecule has 1 aliphatic carbocycles. The molecule has 2 atom stereocenters. The molecule has 2 aromatic rings. The summed E-state index contributed by atoms with van der Waals surface area (Å²) >= 11 is 0. The molecule has 1 heterocycles. The van der Waals surface area contributed by atoms with Gasteiger partial charge in [0.2, 0.25) is 5.91 Å². The van der Waals surface area contributed by atoms with E-state index in [1.165, 1.54) is 0 Å². The molecule has 1 unspecified atom stereocenters. The summed E-state index contributed by atoms with van der Waals surface area (Å²) in [6.45, 7) is 2.01. The molecule has 0 spiro atoms. The zero-order valence-corrected chi connectivity index (χ0v) is 17.0. The van der Waals surface area contributed by atoms with Crippen LogP contribution in [0.1, 0.15) is 43.4 Å². The third-order valence-corrected chi connectivity index (χ3v) is 6.11. The summed E-state index contributed by atoms with van der Waals surface area (Å²) in [6, 6.07) is 15.3. The van der Waals surface area contributed by atoms with E-state index in [9.17, 15) is 9.59 Å². The number of carbonyl (C=O) groups excluding carboxylic acids is 2. The third kappa shape index (κ3) is 2.92. The van der Waals surface area contributed by atoms with E-state index < -0.39 is 5.41 Å². The SMILES string of the molecule is COc1ccc(C23CC(=O)N([C@H](C)c4ccccc4)C2=CCCC3=O)cc1OC. The number of methoxy groups -OCH3 is 2. The van der Waals surface area contributed by atoms with E-state index in [-0.39, 0.29) is 24.2 Å². The molecule has 2 aliphatic rings. The quantitative estimate of drug-likeness (QED) is 0.767. The van der Waals surface area contributed by atoms with Gasteiger partial charge in [-0.15, -0.1) is 0 Å². The lowest BCUT2D eigenvalue weighted by atomic mass is 9.69. The first-order chi connectivity index (χ1) is 14.0. The van der Waals surface area contributed by atoms with E-state index >= 15 is 0 Å². The van der Waals surface area contributed by atoms with Crippen LogP contribution in [0.15, 0.2) is 60.3 Å². The molecule has 2 aromatic carbocycles. The van der Waals surface area contributed by atoms with E-state index in [2.05, 4.69) is 6.08 Å². The molecule has 0 bridgehead atoms. The fraction of sp³-hybridized carbons (Fsp3) is 0.333. The van der Waals surface area contributed by atoms with E-state index in [1.54, 1.807) is 20.3 Å². The number of allylic oxidation sites excluding steroid dienone is 2. The van der Waals surface area contributed by atoms with Gasteiger partial charge in [-0.2, -0.15) is 0 Å². The van der Waals surface area contributed by atoms with Crippen molar-refractivity contribution in [1.29, 1.82) is 0 Å². The van der Waals surface area contributed by atoms with Gasteiger partial charge in [-0.25, -0.2) is 0 Å². The minimum atomic E-state index is -0.960. The minimum Gasteiger partial charge on any atom is -0.493 e. The predicted molar refractivity (Wildman–Crippen MR) is 110 cm³/mol. The van der Waals surface area contributed by atoms with Gasteiger partial charge in [0.1, 0.15) is 11.2 Å². The van der Waals surface area contributed by atoms with Crippen molar-refractivity contribution in [3.8, 4) is 11.5 Å². The number of carbonyl (C=O) groups is 2. The first-order valence-corrected chi connectivity index (χ1v) is 9.86. The number of ketones is 1. The number of amides is 1. The van der Waals surface area contributed by atoms with Crippen LogP contribution < -0.4 is 9.47 Å². The number of Topliss-reactive ketones (excluding diaryl/α,β-unsaturated/α-hetero) is 1. The monoisotopic (exact) mass is 391 g/mol. The van der Waals surface area contributed by atoms with E-state index in [4.69, 9.17) is 9.47 Å². The van der Waals surface area contributed by atoms with Crippen molar-refractivity contribution in [1.82, 2.24) is 4.90 Å². The van der Waals surface area contributed by atoms with Gasteiger partial charge in [0, 0.05) is 18.5 Å². The van der Waals surface area contributed by atoms with Crippen molar-refractivity contribution in [3.63, 3.8) is 0 Å². The highest BCUT2D eigenvalue weighted by molar-refractivity contribution is 6.03. The van der Waals surface area contributed by atoms with Crippen LogP contribution in [0.2, 0.25) is 0 Å². The van der Waals surface area contributed by atoms with Crippen LogP contribution in [-0.4, -0.2) is 30.8 Å². The van der Waals surface area contributed by atoms with Crippen LogP contribution >= 0.6 is 0 Å². The predicted octanol–water partition coefficient (Wildman–Crippen LogP) is 4.18. The van der Waals surface area contributed by atoms with Crippen molar-refractivity contribution in [2.75, 3.05) is 14.2 Å². The molecule has 1 aliphatic heterocycles. The van der Waals surface area contributed by atoms with Crippen molar-refractivity contribution >= 4 is 11.7 Å². The first kappa shape index (κ1) is 19.2. The fourth-order valence-electron chi connectivity index (χ4n) is 4.63. The van der Waals surface area contributed by atoms with Crippen molar-refractivity contribution in [2.24, 2.45) is 0 Å². The molecule has 4 rings (SSSR count). The molecule has 150 valence electrons. The summed E-state index contributed by atoms with van der Waals surface area (Å²) in [5.74, 6) is 1.20. The average Bonchev–Trinajstić information content (AvgIpc) is 3.07. The number of hydrogen-bond acceptors (Lipinski definition) is 4. The van der Waals surface area contributed by atoms with Crippen LogP contribution in [0.5, 0.6) is 11.5 Å². The van der Waals surface area contributed by atoms with Gasteiger partial charge in [0.05, 0.1) is 20.3 Å². The van der Waals surface area contributed by atoms with Gasteiger partial charge in [-0.3, -0.25) is 9.59 Å². The van der Waals surface area contributed by atoms with Crippen molar-refractivity contribution in [3.05, 3.63) is 71.4 Å². The molecule has 1 fully saturated rings. The summed E-state index contributed by atoms with van der Waals surface area (Å²) in [6.07, 6.45) is 3.28. The topological polar surface area (TPSA) is 55.8 Å². The number of nitrogens with zero attached hydrogens (tertiary/aromatic N) is 1. The highest BCUT2D eigenvalue weighted by Gasteiger charge is 2.56. The zero-order chi connectivity index (χ0) is 20.6. The lowest BCUT2D eigenvalue weighted by Gasteiger charge is -2.36. The van der Waals surface area contributed by atoms with Crippen molar-refractivity contribution < 1.29 is 19.1 Å². The molecule has 0 saturated carbocycles. The second-order valence-corrected chi connectivity index (χ2v) is 7.55. The molecule has 0 radical (unpaired) electrons. The molecular formula is C24H25NO4. The van der Waals surface area contributed by atoms with Gasteiger partial charge in [0.15, 0.2) is 11.5 Å². The zero-order valence-electron chi connectivity index (χ0n) is 17.0. The summed E-state index contributed by atoms with van der Waals surface area (Å²) in [5, 5.41) is 0. The largest absolute Gasteiger partial charge is 0.493 e. The van der Waals surface area contributed by atoms with Gasteiger partial charge >= 0.3 is 0 Å². The fourth-order valence-corrected chi connectivity index (χ4v) is 4.63. The van der Waals surface area contributed by atoms with Crippen molar-refractivity contribution in [2.45, 2.75) is 37.6 Å². The third-order valence-electron chi connectivity index (χ3n) is 6.11. The minimum absolute atomic E-state index is 0.0300.